The number of ether oxygens (including phenoxy) is 1. The van der Waals surface area contributed by atoms with Crippen molar-refractivity contribution in [1.82, 2.24) is 0 Å². The van der Waals surface area contributed by atoms with E-state index in [4.69, 9.17) is 8.92 Å². The number of carbonyl (C=O) groups excluding carboxylic acids is 1. The lowest BCUT2D eigenvalue weighted by Crippen LogP contribution is -2.48. The van der Waals surface area contributed by atoms with Gasteiger partial charge < -0.3 is 4.74 Å². The van der Waals surface area contributed by atoms with E-state index in [-0.39, 0.29) is 25.1 Å². The monoisotopic (exact) mass is 487 g/mol. The highest BCUT2D eigenvalue weighted by Crippen LogP contribution is 2.39. The number of rotatable bonds is 7. The summed E-state index contributed by atoms with van der Waals surface area (Å²) in [6, 6.07) is 19.1. The molecule has 1 aliphatic heterocycles. The SMILES string of the molecule is CS(=O)(=O)OCCC1(c2ccccc2)CCN(c2cccc(-c3ccc(F)cc3F)c2)C(=O)O1. The van der Waals surface area contributed by atoms with Crippen LogP contribution < -0.4 is 4.90 Å². The molecular weight excluding hydrogens is 464 g/mol. The first-order valence-corrected chi connectivity index (χ1v) is 12.4. The molecular formula is C25H23F2NO5S. The molecule has 1 amide bonds. The third kappa shape index (κ3) is 5.26. The van der Waals surface area contributed by atoms with Gasteiger partial charge in [0.15, 0.2) is 0 Å². The molecule has 1 heterocycles. The van der Waals surface area contributed by atoms with Gasteiger partial charge in [-0.3, -0.25) is 9.08 Å². The largest absolute Gasteiger partial charge is 0.437 e. The summed E-state index contributed by atoms with van der Waals surface area (Å²) in [6.45, 7) is 0.141. The van der Waals surface area contributed by atoms with Gasteiger partial charge in [-0.25, -0.2) is 13.6 Å². The van der Waals surface area contributed by atoms with Crippen LogP contribution in [0, 0.1) is 11.6 Å². The number of cyclic esters (lactones) is 1. The van der Waals surface area contributed by atoms with Crippen LogP contribution in [0.4, 0.5) is 19.3 Å². The normalized spacial score (nSPS) is 18.6. The summed E-state index contributed by atoms with van der Waals surface area (Å²) in [6.07, 6.45) is 0.884. The molecule has 1 aliphatic rings. The van der Waals surface area contributed by atoms with E-state index >= 15 is 0 Å². The molecule has 3 aromatic rings. The molecule has 6 nitrogen and oxygen atoms in total. The summed E-state index contributed by atoms with van der Waals surface area (Å²) in [4.78, 5) is 14.6. The summed E-state index contributed by atoms with van der Waals surface area (Å²) in [5.74, 6) is -1.37. The van der Waals surface area contributed by atoms with Crippen molar-refractivity contribution in [2.75, 3.05) is 24.3 Å². The van der Waals surface area contributed by atoms with E-state index in [0.717, 1.165) is 17.9 Å². The number of halogens is 2. The average Bonchev–Trinajstić information content (AvgIpc) is 2.79. The Balaban J connectivity index is 1.59. The van der Waals surface area contributed by atoms with Crippen molar-refractivity contribution < 1.29 is 30.9 Å². The van der Waals surface area contributed by atoms with Crippen LogP contribution in [0.3, 0.4) is 0 Å². The molecule has 1 unspecified atom stereocenters. The van der Waals surface area contributed by atoms with Crippen molar-refractivity contribution in [2.24, 2.45) is 0 Å². The third-order valence-electron chi connectivity index (χ3n) is 5.75. The minimum absolute atomic E-state index is 0.139. The number of benzene rings is 3. The van der Waals surface area contributed by atoms with E-state index in [0.29, 0.717) is 17.7 Å². The van der Waals surface area contributed by atoms with Gasteiger partial charge in [-0.2, -0.15) is 8.42 Å². The zero-order valence-electron chi connectivity index (χ0n) is 18.4. The molecule has 0 aliphatic carbocycles. The highest BCUT2D eigenvalue weighted by Gasteiger charge is 2.42. The van der Waals surface area contributed by atoms with Crippen LogP contribution in [0.25, 0.3) is 11.1 Å². The van der Waals surface area contributed by atoms with Gasteiger partial charge in [-0.05, 0) is 35.4 Å². The minimum Gasteiger partial charge on any atom is -0.437 e. The Labute approximate surface area is 196 Å². The molecule has 0 aromatic heterocycles. The summed E-state index contributed by atoms with van der Waals surface area (Å²) in [5, 5.41) is 0. The summed E-state index contributed by atoms with van der Waals surface area (Å²) >= 11 is 0. The van der Waals surface area contributed by atoms with Crippen LogP contribution in [0.5, 0.6) is 0 Å². The number of anilines is 1. The van der Waals surface area contributed by atoms with E-state index in [2.05, 4.69) is 0 Å². The van der Waals surface area contributed by atoms with Gasteiger partial charge in [-0.1, -0.05) is 42.5 Å². The van der Waals surface area contributed by atoms with Gasteiger partial charge in [0.05, 0.1) is 12.9 Å². The first-order valence-electron chi connectivity index (χ1n) is 10.6. The maximum Gasteiger partial charge on any atom is 0.415 e. The predicted molar refractivity (Wildman–Crippen MR) is 124 cm³/mol. The van der Waals surface area contributed by atoms with Crippen molar-refractivity contribution >= 4 is 21.9 Å². The Morgan fingerprint density at radius 1 is 1.03 bits per heavy atom. The molecule has 0 saturated carbocycles. The van der Waals surface area contributed by atoms with Crippen LogP contribution in [-0.4, -0.2) is 33.9 Å². The predicted octanol–water partition coefficient (Wildman–Crippen LogP) is 5.24. The van der Waals surface area contributed by atoms with Crippen LogP contribution in [0.1, 0.15) is 18.4 Å². The Hall–Kier alpha value is -3.30. The molecule has 9 heteroatoms. The molecule has 0 spiro atoms. The molecule has 3 aromatic carbocycles. The summed E-state index contributed by atoms with van der Waals surface area (Å²) < 4.78 is 61.2. The maximum atomic E-state index is 14.3. The number of amides is 1. The lowest BCUT2D eigenvalue weighted by atomic mass is 9.86. The standard InChI is InChI=1S/C25H23F2NO5S/c1-34(30,31)32-15-13-25(19-7-3-2-4-8-19)12-14-28(24(29)33-25)21-9-5-6-18(16-21)22-11-10-20(26)17-23(22)27/h2-11,16-17H,12-15H2,1H3. The molecule has 178 valence electrons. The second-order valence-corrected chi connectivity index (χ2v) is 9.72. The van der Waals surface area contributed by atoms with E-state index < -0.39 is 33.4 Å². The Morgan fingerprint density at radius 3 is 2.47 bits per heavy atom. The second kappa shape index (κ2) is 9.52. The number of hydrogen-bond acceptors (Lipinski definition) is 5. The first kappa shape index (κ1) is 23.8. The molecule has 0 radical (unpaired) electrons. The van der Waals surface area contributed by atoms with Crippen molar-refractivity contribution in [3.63, 3.8) is 0 Å². The third-order valence-corrected chi connectivity index (χ3v) is 6.34. The smallest absolute Gasteiger partial charge is 0.415 e. The van der Waals surface area contributed by atoms with Gasteiger partial charge in [-0.15, -0.1) is 0 Å². The van der Waals surface area contributed by atoms with Gasteiger partial charge in [0.2, 0.25) is 0 Å². The molecule has 1 atom stereocenters. The fourth-order valence-electron chi connectivity index (χ4n) is 4.08. The molecule has 1 saturated heterocycles. The summed E-state index contributed by atoms with van der Waals surface area (Å²) in [7, 11) is -3.64. The molecule has 1 fully saturated rings. The zero-order chi connectivity index (χ0) is 24.3. The Bertz CT molecular complexity index is 1300. The van der Waals surface area contributed by atoms with E-state index in [9.17, 15) is 22.0 Å². The highest BCUT2D eigenvalue weighted by atomic mass is 32.2. The topological polar surface area (TPSA) is 72.9 Å². The van der Waals surface area contributed by atoms with Crippen LogP contribution in [0.15, 0.2) is 72.8 Å². The molecule has 4 rings (SSSR count). The molecule has 34 heavy (non-hydrogen) atoms. The lowest BCUT2D eigenvalue weighted by Gasteiger charge is -2.41. The van der Waals surface area contributed by atoms with E-state index in [1.165, 1.54) is 17.0 Å². The summed E-state index contributed by atoms with van der Waals surface area (Å²) in [5.41, 5.74) is 0.886. The first-order chi connectivity index (χ1) is 16.2. The highest BCUT2D eigenvalue weighted by molar-refractivity contribution is 7.85. The van der Waals surface area contributed by atoms with Gasteiger partial charge in [0, 0.05) is 36.7 Å². The quantitative estimate of drug-likeness (QED) is 0.426. The average molecular weight is 488 g/mol. The van der Waals surface area contributed by atoms with Crippen molar-refractivity contribution in [3.8, 4) is 11.1 Å². The minimum atomic E-state index is -3.64. The fourth-order valence-corrected chi connectivity index (χ4v) is 4.47. The Kier molecular flexibility index (Phi) is 6.67. The molecule has 0 bridgehead atoms. The van der Waals surface area contributed by atoms with Crippen LogP contribution in [-0.2, 0) is 24.6 Å². The molecule has 0 N–H and O–H groups in total. The lowest BCUT2D eigenvalue weighted by molar-refractivity contribution is -0.0231. The van der Waals surface area contributed by atoms with E-state index in [1.54, 1.807) is 24.3 Å². The Morgan fingerprint density at radius 2 is 1.79 bits per heavy atom. The van der Waals surface area contributed by atoms with E-state index in [1.807, 2.05) is 30.3 Å². The van der Waals surface area contributed by atoms with Gasteiger partial charge in [0.1, 0.15) is 17.2 Å². The van der Waals surface area contributed by atoms with Crippen molar-refractivity contribution in [3.05, 3.63) is 90.0 Å². The van der Waals surface area contributed by atoms with Crippen molar-refractivity contribution in [1.29, 1.82) is 0 Å². The zero-order valence-corrected chi connectivity index (χ0v) is 19.2. The van der Waals surface area contributed by atoms with Crippen LogP contribution in [0.2, 0.25) is 0 Å². The number of hydrogen-bond donors (Lipinski definition) is 0. The van der Waals surface area contributed by atoms with Gasteiger partial charge in [0.25, 0.3) is 10.1 Å². The number of carbonyl (C=O) groups is 1. The fraction of sp³-hybridized carbons (Fsp3) is 0.240. The number of nitrogens with zero attached hydrogens (tertiary/aromatic N) is 1. The second-order valence-electron chi connectivity index (χ2n) is 8.08. The van der Waals surface area contributed by atoms with Crippen LogP contribution >= 0.6 is 0 Å². The van der Waals surface area contributed by atoms with Gasteiger partial charge >= 0.3 is 6.09 Å². The van der Waals surface area contributed by atoms with Crippen molar-refractivity contribution in [2.45, 2.75) is 18.4 Å². The maximum absolute atomic E-state index is 14.3.